The molecule has 0 amide bonds. The van der Waals surface area contributed by atoms with Crippen molar-refractivity contribution in [2.24, 2.45) is 7.05 Å². The van der Waals surface area contributed by atoms with Crippen molar-refractivity contribution in [3.63, 3.8) is 0 Å². The minimum atomic E-state index is -0.800. The number of ether oxygens (including phenoxy) is 1. The topological polar surface area (TPSA) is 68.5 Å². The van der Waals surface area contributed by atoms with Crippen LogP contribution in [0.2, 0.25) is 0 Å². The van der Waals surface area contributed by atoms with Crippen LogP contribution in [-0.2, 0) is 11.8 Å². The van der Waals surface area contributed by atoms with E-state index in [1.165, 1.54) is 4.57 Å². The van der Waals surface area contributed by atoms with Crippen molar-refractivity contribution in [1.82, 2.24) is 4.57 Å². The predicted molar refractivity (Wildman–Crippen MR) is 71.5 cm³/mol. The first kappa shape index (κ1) is 13.1. The van der Waals surface area contributed by atoms with Gasteiger partial charge in [0.25, 0.3) is 5.56 Å². The molecule has 0 aliphatic rings. The third-order valence-electron chi connectivity index (χ3n) is 3.08. The van der Waals surface area contributed by atoms with Gasteiger partial charge in [0.1, 0.15) is 5.75 Å². The summed E-state index contributed by atoms with van der Waals surface area (Å²) in [5.41, 5.74) is 0.492. The van der Waals surface area contributed by atoms with Crippen LogP contribution in [0.5, 0.6) is 5.75 Å². The SMILES string of the molecule is CCOC(=O)c1c(O)c2c(C)cccc2n(C)c1=O. The lowest BCUT2D eigenvalue weighted by molar-refractivity contribution is 0.0520. The van der Waals surface area contributed by atoms with E-state index >= 15 is 0 Å². The van der Waals surface area contributed by atoms with E-state index in [1.54, 1.807) is 26.1 Å². The van der Waals surface area contributed by atoms with E-state index in [0.29, 0.717) is 10.9 Å². The summed E-state index contributed by atoms with van der Waals surface area (Å²) in [5.74, 6) is -1.11. The molecule has 0 atom stereocenters. The number of rotatable bonds is 2. The highest BCUT2D eigenvalue weighted by atomic mass is 16.5. The molecule has 0 saturated carbocycles. The number of pyridine rings is 1. The highest BCUT2D eigenvalue weighted by Gasteiger charge is 2.22. The van der Waals surface area contributed by atoms with Crippen molar-refractivity contribution in [3.05, 3.63) is 39.7 Å². The molecule has 19 heavy (non-hydrogen) atoms. The van der Waals surface area contributed by atoms with Crippen LogP contribution in [0.4, 0.5) is 0 Å². The van der Waals surface area contributed by atoms with Crippen LogP contribution in [0.3, 0.4) is 0 Å². The number of esters is 1. The zero-order valence-electron chi connectivity index (χ0n) is 11.1. The Balaban J connectivity index is 2.91. The van der Waals surface area contributed by atoms with Gasteiger partial charge in [0, 0.05) is 12.4 Å². The second-order valence-corrected chi connectivity index (χ2v) is 4.28. The van der Waals surface area contributed by atoms with Gasteiger partial charge in [-0.3, -0.25) is 4.79 Å². The molecule has 1 heterocycles. The van der Waals surface area contributed by atoms with Crippen molar-refractivity contribution >= 4 is 16.9 Å². The molecule has 100 valence electrons. The predicted octanol–water partition coefficient (Wildman–Crippen LogP) is 1.73. The summed E-state index contributed by atoms with van der Waals surface area (Å²) in [5, 5.41) is 10.7. The van der Waals surface area contributed by atoms with Gasteiger partial charge in [0.05, 0.1) is 12.1 Å². The van der Waals surface area contributed by atoms with E-state index in [1.807, 2.05) is 13.0 Å². The zero-order chi connectivity index (χ0) is 14.2. The Labute approximate surface area is 110 Å². The minimum Gasteiger partial charge on any atom is -0.506 e. The molecule has 0 saturated heterocycles. The molecule has 0 aliphatic carbocycles. The summed E-state index contributed by atoms with van der Waals surface area (Å²) in [4.78, 5) is 23.9. The van der Waals surface area contributed by atoms with Crippen molar-refractivity contribution in [2.75, 3.05) is 6.61 Å². The van der Waals surface area contributed by atoms with Crippen molar-refractivity contribution in [3.8, 4) is 5.75 Å². The van der Waals surface area contributed by atoms with Crippen LogP contribution in [0.25, 0.3) is 10.9 Å². The van der Waals surface area contributed by atoms with E-state index in [0.717, 1.165) is 5.56 Å². The standard InChI is InChI=1S/C14H15NO4/c1-4-19-14(18)11-12(16)10-8(2)6-5-7-9(10)15(3)13(11)17/h5-7,16H,4H2,1-3H3. The quantitative estimate of drug-likeness (QED) is 0.836. The molecule has 2 rings (SSSR count). The molecular weight excluding hydrogens is 246 g/mol. The molecular formula is C14H15NO4. The number of hydrogen-bond acceptors (Lipinski definition) is 4. The molecule has 5 heteroatoms. The van der Waals surface area contributed by atoms with Crippen LogP contribution in [0, 0.1) is 6.92 Å². The largest absolute Gasteiger partial charge is 0.506 e. The fraction of sp³-hybridized carbons (Fsp3) is 0.286. The monoisotopic (exact) mass is 261 g/mol. The number of aromatic hydroxyl groups is 1. The average Bonchev–Trinajstić information content (AvgIpc) is 2.36. The second kappa shape index (κ2) is 4.76. The molecule has 2 aromatic rings. The Kier molecular flexibility index (Phi) is 3.29. The van der Waals surface area contributed by atoms with Crippen molar-refractivity contribution in [1.29, 1.82) is 0 Å². The number of aromatic nitrogens is 1. The number of carbonyl (C=O) groups excluding carboxylic acids is 1. The number of hydrogen-bond donors (Lipinski definition) is 1. The van der Waals surface area contributed by atoms with Gasteiger partial charge in [-0.15, -0.1) is 0 Å². The Morgan fingerprint density at radius 1 is 1.42 bits per heavy atom. The maximum Gasteiger partial charge on any atom is 0.347 e. The molecule has 0 unspecified atom stereocenters. The lowest BCUT2D eigenvalue weighted by Crippen LogP contribution is -2.26. The molecule has 0 fully saturated rings. The van der Waals surface area contributed by atoms with Gasteiger partial charge in [0.2, 0.25) is 0 Å². The maximum absolute atomic E-state index is 12.1. The van der Waals surface area contributed by atoms with Crippen LogP contribution in [0.1, 0.15) is 22.8 Å². The fourth-order valence-electron chi connectivity index (χ4n) is 2.13. The fourth-order valence-corrected chi connectivity index (χ4v) is 2.13. The molecule has 1 aromatic carbocycles. The highest BCUT2D eigenvalue weighted by Crippen LogP contribution is 2.29. The molecule has 0 bridgehead atoms. The van der Waals surface area contributed by atoms with Crippen molar-refractivity contribution < 1.29 is 14.6 Å². The lowest BCUT2D eigenvalue weighted by atomic mass is 10.1. The van der Waals surface area contributed by atoms with Gasteiger partial charge in [-0.25, -0.2) is 4.79 Å². The summed E-state index contributed by atoms with van der Waals surface area (Å²) >= 11 is 0. The first-order valence-electron chi connectivity index (χ1n) is 5.97. The number of fused-ring (bicyclic) bond motifs is 1. The van der Waals surface area contributed by atoms with Crippen molar-refractivity contribution in [2.45, 2.75) is 13.8 Å². The van der Waals surface area contributed by atoms with E-state index in [4.69, 9.17) is 4.74 Å². The normalized spacial score (nSPS) is 10.7. The van der Waals surface area contributed by atoms with Gasteiger partial charge in [0.15, 0.2) is 5.56 Å². The molecule has 0 radical (unpaired) electrons. The van der Waals surface area contributed by atoms with Crippen LogP contribution < -0.4 is 5.56 Å². The molecule has 0 spiro atoms. The Bertz CT molecular complexity index is 715. The van der Waals surface area contributed by atoms with E-state index < -0.39 is 11.5 Å². The van der Waals surface area contributed by atoms with Gasteiger partial charge < -0.3 is 14.4 Å². The van der Waals surface area contributed by atoms with Crippen LogP contribution in [0.15, 0.2) is 23.0 Å². The van der Waals surface area contributed by atoms with Gasteiger partial charge in [-0.1, -0.05) is 12.1 Å². The third-order valence-corrected chi connectivity index (χ3v) is 3.08. The molecule has 5 nitrogen and oxygen atoms in total. The number of benzene rings is 1. The number of nitrogens with zero attached hydrogens (tertiary/aromatic N) is 1. The molecule has 0 aliphatic heterocycles. The average molecular weight is 261 g/mol. The number of carbonyl (C=O) groups is 1. The van der Waals surface area contributed by atoms with Crippen LogP contribution >= 0.6 is 0 Å². The third kappa shape index (κ3) is 1.97. The van der Waals surface area contributed by atoms with E-state index in [2.05, 4.69) is 0 Å². The Morgan fingerprint density at radius 2 is 2.11 bits per heavy atom. The van der Waals surface area contributed by atoms with E-state index in [-0.39, 0.29) is 17.9 Å². The summed E-state index contributed by atoms with van der Waals surface area (Å²) in [7, 11) is 1.56. The number of aryl methyl sites for hydroxylation is 2. The summed E-state index contributed by atoms with van der Waals surface area (Å²) in [6, 6.07) is 5.32. The summed E-state index contributed by atoms with van der Waals surface area (Å²) in [6.07, 6.45) is 0. The first-order valence-corrected chi connectivity index (χ1v) is 5.97. The van der Waals surface area contributed by atoms with E-state index in [9.17, 15) is 14.7 Å². The Morgan fingerprint density at radius 3 is 2.74 bits per heavy atom. The zero-order valence-corrected chi connectivity index (χ0v) is 11.1. The molecule has 1 N–H and O–H groups in total. The second-order valence-electron chi connectivity index (χ2n) is 4.28. The smallest absolute Gasteiger partial charge is 0.347 e. The minimum absolute atomic E-state index is 0.146. The van der Waals surface area contributed by atoms with Gasteiger partial charge >= 0.3 is 5.97 Å². The lowest BCUT2D eigenvalue weighted by Gasteiger charge is -2.12. The Hall–Kier alpha value is -2.30. The van der Waals surface area contributed by atoms with Gasteiger partial charge in [-0.05, 0) is 25.5 Å². The maximum atomic E-state index is 12.1. The van der Waals surface area contributed by atoms with Gasteiger partial charge in [-0.2, -0.15) is 0 Å². The highest BCUT2D eigenvalue weighted by molar-refractivity contribution is 6.00. The first-order chi connectivity index (χ1) is 8.99. The summed E-state index contributed by atoms with van der Waals surface area (Å²) < 4.78 is 6.16. The van der Waals surface area contributed by atoms with Crippen LogP contribution in [-0.4, -0.2) is 22.2 Å². The molecule has 1 aromatic heterocycles. The summed E-state index contributed by atoms with van der Waals surface area (Å²) in [6.45, 7) is 3.60.